The van der Waals surface area contributed by atoms with E-state index in [2.05, 4.69) is 10.1 Å². The van der Waals surface area contributed by atoms with Gasteiger partial charge < -0.3 is 4.90 Å². The predicted octanol–water partition coefficient (Wildman–Crippen LogP) is 2.21. The number of aromatic nitrogens is 4. The Morgan fingerprint density at radius 2 is 1.82 bits per heavy atom. The Bertz CT molecular complexity index is 979. The molecule has 0 aliphatic rings. The molecule has 0 aliphatic carbocycles. The van der Waals surface area contributed by atoms with Gasteiger partial charge in [-0.2, -0.15) is 5.10 Å². The Labute approximate surface area is 164 Å². The van der Waals surface area contributed by atoms with Crippen LogP contribution in [0.15, 0.2) is 59.7 Å². The van der Waals surface area contributed by atoms with Gasteiger partial charge in [-0.25, -0.2) is 9.48 Å². The lowest BCUT2D eigenvalue weighted by Gasteiger charge is -2.25. The van der Waals surface area contributed by atoms with Crippen molar-refractivity contribution < 1.29 is 4.79 Å². The van der Waals surface area contributed by atoms with Crippen molar-refractivity contribution in [3.05, 3.63) is 82.3 Å². The zero-order valence-electron chi connectivity index (χ0n) is 16.4. The average Bonchev–Trinajstić information content (AvgIpc) is 2.99. The van der Waals surface area contributed by atoms with E-state index in [-0.39, 0.29) is 24.2 Å². The van der Waals surface area contributed by atoms with Crippen molar-refractivity contribution in [3.8, 4) is 0 Å². The van der Waals surface area contributed by atoms with Crippen LogP contribution < -0.4 is 5.69 Å². The first kappa shape index (κ1) is 19.5. The number of rotatable bonds is 7. The molecule has 0 unspecified atom stereocenters. The van der Waals surface area contributed by atoms with E-state index in [4.69, 9.17) is 0 Å². The summed E-state index contributed by atoms with van der Waals surface area (Å²) < 4.78 is 2.87. The molecule has 2 aromatic heterocycles. The van der Waals surface area contributed by atoms with Crippen molar-refractivity contribution in [1.29, 1.82) is 0 Å². The van der Waals surface area contributed by atoms with Gasteiger partial charge in [0.25, 0.3) is 0 Å². The molecule has 3 aromatic rings. The van der Waals surface area contributed by atoms with E-state index in [1.165, 1.54) is 4.68 Å². The molecule has 0 N–H and O–H groups in total. The highest BCUT2D eigenvalue weighted by molar-refractivity contribution is 5.76. The molecule has 3 rings (SSSR count). The molecule has 28 heavy (non-hydrogen) atoms. The summed E-state index contributed by atoms with van der Waals surface area (Å²) in [5.41, 5.74) is 1.89. The molecule has 7 heteroatoms. The van der Waals surface area contributed by atoms with Crippen LogP contribution in [0.25, 0.3) is 0 Å². The number of amides is 1. The lowest BCUT2D eigenvalue weighted by molar-refractivity contribution is -0.132. The number of pyridine rings is 1. The molecule has 146 valence electrons. The summed E-state index contributed by atoms with van der Waals surface area (Å²) in [7, 11) is 1.73. The maximum atomic E-state index is 12.7. The molecule has 1 atom stereocenters. The van der Waals surface area contributed by atoms with Gasteiger partial charge in [-0.1, -0.05) is 30.3 Å². The number of benzene rings is 1. The smallest absolute Gasteiger partial charge is 0.337 e. The molecule has 1 aromatic carbocycles. The van der Waals surface area contributed by atoms with Crippen molar-refractivity contribution in [2.24, 2.45) is 0 Å². The third-order valence-electron chi connectivity index (χ3n) is 5.02. The van der Waals surface area contributed by atoms with E-state index in [0.29, 0.717) is 12.4 Å². The van der Waals surface area contributed by atoms with E-state index in [9.17, 15) is 9.59 Å². The van der Waals surface area contributed by atoms with Crippen LogP contribution in [0.2, 0.25) is 0 Å². The van der Waals surface area contributed by atoms with Crippen LogP contribution >= 0.6 is 0 Å². The van der Waals surface area contributed by atoms with Crippen molar-refractivity contribution in [2.75, 3.05) is 7.05 Å². The monoisotopic (exact) mass is 379 g/mol. The molecule has 7 nitrogen and oxygen atoms in total. The van der Waals surface area contributed by atoms with Gasteiger partial charge in [-0.3, -0.25) is 14.3 Å². The van der Waals surface area contributed by atoms with Crippen LogP contribution in [0.1, 0.15) is 29.9 Å². The molecule has 0 bridgehead atoms. The van der Waals surface area contributed by atoms with E-state index in [1.807, 2.05) is 49.4 Å². The number of likely N-dealkylation sites (N-methyl/N-ethyl adjacent to an activating group) is 1. The first-order valence-electron chi connectivity index (χ1n) is 9.31. The van der Waals surface area contributed by atoms with Gasteiger partial charge in [0.15, 0.2) is 0 Å². The lowest BCUT2D eigenvalue weighted by Crippen LogP contribution is -2.36. The minimum atomic E-state index is -0.258. The Morgan fingerprint density at radius 3 is 2.50 bits per heavy atom. The van der Waals surface area contributed by atoms with E-state index >= 15 is 0 Å². The number of carbonyl (C=O) groups is 1. The highest BCUT2D eigenvalue weighted by atomic mass is 16.2. The van der Waals surface area contributed by atoms with Crippen molar-refractivity contribution in [2.45, 2.75) is 39.4 Å². The van der Waals surface area contributed by atoms with Crippen LogP contribution in [-0.2, 0) is 24.3 Å². The summed E-state index contributed by atoms with van der Waals surface area (Å²) in [6.45, 7) is 4.19. The van der Waals surface area contributed by atoms with Crippen LogP contribution in [-0.4, -0.2) is 37.2 Å². The second kappa shape index (κ2) is 8.65. The lowest BCUT2D eigenvalue weighted by atomic mass is 10.1. The van der Waals surface area contributed by atoms with Crippen molar-refractivity contribution in [1.82, 2.24) is 24.2 Å². The van der Waals surface area contributed by atoms with E-state index in [0.717, 1.165) is 17.5 Å². The van der Waals surface area contributed by atoms with Gasteiger partial charge in [0.05, 0.1) is 6.04 Å². The highest BCUT2D eigenvalue weighted by Crippen LogP contribution is 2.17. The number of carbonyl (C=O) groups excluding carboxylic acids is 1. The maximum Gasteiger partial charge on any atom is 0.346 e. The molecule has 0 saturated carbocycles. The van der Waals surface area contributed by atoms with Crippen LogP contribution in [0, 0.1) is 6.92 Å². The molecule has 0 fully saturated rings. The van der Waals surface area contributed by atoms with Crippen molar-refractivity contribution >= 4 is 5.91 Å². The normalized spacial score (nSPS) is 12.0. The number of hydrogen-bond acceptors (Lipinski definition) is 4. The average molecular weight is 379 g/mol. The summed E-state index contributed by atoms with van der Waals surface area (Å²) in [5, 5.41) is 4.29. The fourth-order valence-corrected chi connectivity index (χ4v) is 3.12. The molecule has 0 radical (unpaired) electrons. The summed E-state index contributed by atoms with van der Waals surface area (Å²) in [4.78, 5) is 31.0. The fraction of sp³-hybridized carbons (Fsp3) is 0.333. The zero-order chi connectivity index (χ0) is 20.1. The Hall–Kier alpha value is -3.22. The standard InChI is InChI=1S/C21H25N5O2/c1-16(19-9-12-22-13-10-19)24(3)20(27)15-26-21(28)25(17(2)23-26)14-11-18-7-5-4-6-8-18/h4-10,12-13,16H,11,14-15H2,1-3H3/t16-/m1/s1. The third-order valence-corrected chi connectivity index (χ3v) is 5.02. The van der Waals surface area contributed by atoms with Crippen molar-refractivity contribution in [3.63, 3.8) is 0 Å². The molecule has 0 saturated heterocycles. The minimum Gasteiger partial charge on any atom is -0.337 e. The van der Waals surface area contributed by atoms with E-state index in [1.54, 1.807) is 35.8 Å². The van der Waals surface area contributed by atoms with Gasteiger partial charge in [0.1, 0.15) is 12.4 Å². The summed E-state index contributed by atoms with van der Waals surface area (Å²) >= 11 is 0. The fourth-order valence-electron chi connectivity index (χ4n) is 3.12. The van der Waals surface area contributed by atoms with Crippen LogP contribution in [0.3, 0.4) is 0 Å². The second-order valence-electron chi connectivity index (χ2n) is 6.84. The van der Waals surface area contributed by atoms with Crippen LogP contribution in [0.4, 0.5) is 0 Å². The molecule has 0 aliphatic heterocycles. The number of hydrogen-bond donors (Lipinski definition) is 0. The van der Waals surface area contributed by atoms with Gasteiger partial charge in [-0.05, 0) is 43.5 Å². The third kappa shape index (κ3) is 4.36. The maximum absolute atomic E-state index is 12.7. The quantitative estimate of drug-likeness (QED) is 0.631. The Balaban J connectivity index is 1.69. The first-order valence-corrected chi connectivity index (χ1v) is 9.31. The topological polar surface area (TPSA) is 73.0 Å². The van der Waals surface area contributed by atoms with Gasteiger partial charge in [-0.15, -0.1) is 0 Å². The Kier molecular flexibility index (Phi) is 6.03. The molecular weight excluding hydrogens is 354 g/mol. The molecule has 1 amide bonds. The van der Waals surface area contributed by atoms with Crippen LogP contribution in [0.5, 0.6) is 0 Å². The van der Waals surface area contributed by atoms with Gasteiger partial charge in [0.2, 0.25) is 5.91 Å². The minimum absolute atomic E-state index is 0.0794. The highest BCUT2D eigenvalue weighted by Gasteiger charge is 2.20. The first-order chi connectivity index (χ1) is 13.5. The predicted molar refractivity (Wildman–Crippen MR) is 107 cm³/mol. The van der Waals surface area contributed by atoms with Gasteiger partial charge >= 0.3 is 5.69 Å². The molecular formula is C21H25N5O2. The van der Waals surface area contributed by atoms with Gasteiger partial charge in [0, 0.05) is 26.0 Å². The largest absolute Gasteiger partial charge is 0.346 e. The molecule has 2 heterocycles. The summed E-state index contributed by atoms with van der Waals surface area (Å²) in [6, 6.07) is 13.6. The number of nitrogens with zero attached hydrogens (tertiary/aromatic N) is 5. The zero-order valence-corrected chi connectivity index (χ0v) is 16.4. The SMILES string of the molecule is Cc1nn(CC(=O)N(C)[C@H](C)c2ccncc2)c(=O)n1CCc1ccccc1. The van der Waals surface area contributed by atoms with E-state index < -0.39 is 0 Å². The summed E-state index contributed by atoms with van der Waals surface area (Å²) in [6.07, 6.45) is 4.14. The summed E-state index contributed by atoms with van der Waals surface area (Å²) in [5.74, 6) is 0.442. The Morgan fingerprint density at radius 1 is 1.14 bits per heavy atom. The number of aryl methyl sites for hydroxylation is 2. The second-order valence-corrected chi connectivity index (χ2v) is 6.84. The molecule has 0 spiro atoms.